The van der Waals surface area contributed by atoms with E-state index in [1.165, 1.54) is 0 Å². The summed E-state index contributed by atoms with van der Waals surface area (Å²) >= 11 is 0. The van der Waals surface area contributed by atoms with Crippen LogP contribution in [-0.4, -0.2) is 9.97 Å². The van der Waals surface area contributed by atoms with Gasteiger partial charge >= 0.3 is 0 Å². The van der Waals surface area contributed by atoms with Gasteiger partial charge in [0.1, 0.15) is 11.5 Å². The summed E-state index contributed by atoms with van der Waals surface area (Å²) < 4.78 is 5.79. The van der Waals surface area contributed by atoms with Crippen LogP contribution in [0, 0.1) is 0 Å². The van der Waals surface area contributed by atoms with Gasteiger partial charge in [0, 0.05) is 36.5 Å². The zero-order valence-corrected chi connectivity index (χ0v) is 10.3. The Morgan fingerprint density at radius 2 is 1.84 bits per heavy atom. The molecule has 94 valence electrons. The standard InChI is InChI=1S/C15H13N3O/c16-10-12-8-14(5-7-17-12)19-13-4-3-11-2-1-6-18-15(11)9-13/h1-9H,10,16H2. The first-order chi connectivity index (χ1) is 9.35. The van der Waals surface area contributed by atoms with Crippen LogP contribution in [0.15, 0.2) is 54.9 Å². The second kappa shape index (κ2) is 5.04. The maximum Gasteiger partial charge on any atom is 0.130 e. The number of fused-ring (bicyclic) bond motifs is 1. The van der Waals surface area contributed by atoms with Gasteiger partial charge in [0.25, 0.3) is 0 Å². The summed E-state index contributed by atoms with van der Waals surface area (Å²) in [7, 11) is 0. The lowest BCUT2D eigenvalue weighted by Crippen LogP contribution is -1.99. The van der Waals surface area contributed by atoms with E-state index in [-0.39, 0.29) is 0 Å². The number of rotatable bonds is 3. The third-order valence-corrected chi connectivity index (χ3v) is 2.81. The molecule has 0 amide bonds. The van der Waals surface area contributed by atoms with E-state index < -0.39 is 0 Å². The van der Waals surface area contributed by atoms with Crippen molar-refractivity contribution in [1.82, 2.24) is 9.97 Å². The third kappa shape index (κ3) is 2.53. The maximum atomic E-state index is 5.79. The number of nitrogens with two attached hydrogens (primary N) is 1. The van der Waals surface area contributed by atoms with E-state index in [0.29, 0.717) is 6.54 Å². The molecule has 0 unspecified atom stereocenters. The topological polar surface area (TPSA) is 61.0 Å². The van der Waals surface area contributed by atoms with Gasteiger partial charge in [-0.05, 0) is 24.3 Å². The van der Waals surface area contributed by atoms with Crippen molar-refractivity contribution in [2.24, 2.45) is 5.73 Å². The molecule has 2 N–H and O–H groups in total. The van der Waals surface area contributed by atoms with Gasteiger partial charge < -0.3 is 10.5 Å². The second-order valence-corrected chi connectivity index (χ2v) is 4.15. The minimum atomic E-state index is 0.399. The van der Waals surface area contributed by atoms with Gasteiger partial charge in [-0.1, -0.05) is 6.07 Å². The van der Waals surface area contributed by atoms with Crippen LogP contribution < -0.4 is 10.5 Å². The van der Waals surface area contributed by atoms with Crippen molar-refractivity contribution in [3.05, 3.63) is 60.6 Å². The predicted octanol–water partition coefficient (Wildman–Crippen LogP) is 2.88. The molecule has 0 aliphatic rings. The van der Waals surface area contributed by atoms with Crippen LogP contribution in [0.3, 0.4) is 0 Å². The van der Waals surface area contributed by atoms with Crippen LogP contribution >= 0.6 is 0 Å². The molecule has 0 spiro atoms. The molecule has 2 aromatic heterocycles. The van der Waals surface area contributed by atoms with Crippen molar-refractivity contribution in [2.75, 3.05) is 0 Å². The highest BCUT2D eigenvalue weighted by molar-refractivity contribution is 5.79. The molecule has 0 radical (unpaired) electrons. The number of ether oxygens (including phenoxy) is 1. The summed E-state index contributed by atoms with van der Waals surface area (Å²) in [5.74, 6) is 1.48. The van der Waals surface area contributed by atoms with Gasteiger partial charge in [0.15, 0.2) is 0 Å². The smallest absolute Gasteiger partial charge is 0.130 e. The lowest BCUT2D eigenvalue weighted by molar-refractivity contribution is 0.481. The molecule has 0 saturated carbocycles. The summed E-state index contributed by atoms with van der Waals surface area (Å²) in [4.78, 5) is 8.44. The van der Waals surface area contributed by atoms with Crippen molar-refractivity contribution in [3.8, 4) is 11.5 Å². The summed E-state index contributed by atoms with van der Waals surface area (Å²) in [5.41, 5.74) is 7.27. The monoisotopic (exact) mass is 251 g/mol. The molecular weight excluding hydrogens is 238 g/mol. The number of nitrogens with zero attached hydrogens (tertiary/aromatic N) is 2. The highest BCUT2D eigenvalue weighted by atomic mass is 16.5. The second-order valence-electron chi connectivity index (χ2n) is 4.15. The Morgan fingerprint density at radius 3 is 2.74 bits per heavy atom. The third-order valence-electron chi connectivity index (χ3n) is 2.81. The first kappa shape index (κ1) is 11.6. The van der Waals surface area contributed by atoms with E-state index in [2.05, 4.69) is 9.97 Å². The van der Waals surface area contributed by atoms with Crippen LogP contribution in [0.2, 0.25) is 0 Å². The summed E-state index contributed by atoms with van der Waals surface area (Å²) in [6, 6.07) is 13.4. The van der Waals surface area contributed by atoms with Crippen LogP contribution in [0.25, 0.3) is 10.9 Å². The minimum absolute atomic E-state index is 0.399. The Kier molecular flexibility index (Phi) is 3.08. The molecule has 19 heavy (non-hydrogen) atoms. The Hall–Kier alpha value is -2.46. The van der Waals surface area contributed by atoms with Gasteiger partial charge in [0.2, 0.25) is 0 Å². The molecule has 0 atom stereocenters. The average Bonchev–Trinajstić information content (AvgIpc) is 2.47. The summed E-state index contributed by atoms with van der Waals surface area (Å²) in [6.45, 7) is 0.399. The molecule has 4 heteroatoms. The molecule has 4 nitrogen and oxygen atoms in total. The summed E-state index contributed by atoms with van der Waals surface area (Å²) in [5, 5.41) is 1.09. The first-order valence-corrected chi connectivity index (χ1v) is 6.03. The lowest BCUT2D eigenvalue weighted by atomic mass is 10.2. The fourth-order valence-corrected chi connectivity index (χ4v) is 1.88. The van der Waals surface area contributed by atoms with Gasteiger partial charge in [-0.15, -0.1) is 0 Å². The van der Waals surface area contributed by atoms with Crippen LogP contribution in [-0.2, 0) is 6.54 Å². The van der Waals surface area contributed by atoms with Gasteiger partial charge in [-0.3, -0.25) is 9.97 Å². The Bertz CT molecular complexity index is 712. The van der Waals surface area contributed by atoms with Crippen molar-refractivity contribution in [3.63, 3.8) is 0 Å². The van der Waals surface area contributed by atoms with Crippen LogP contribution in [0.5, 0.6) is 11.5 Å². The molecule has 0 saturated heterocycles. The van der Waals surface area contributed by atoms with E-state index in [4.69, 9.17) is 10.5 Å². The SMILES string of the molecule is NCc1cc(Oc2ccc3cccnc3c2)ccn1. The molecule has 0 aliphatic carbocycles. The van der Waals surface area contributed by atoms with E-state index in [1.54, 1.807) is 12.4 Å². The Morgan fingerprint density at radius 1 is 0.947 bits per heavy atom. The normalized spacial score (nSPS) is 10.6. The van der Waals surface area contributed by atoms with Crippen LogP contribution in [0.4, 0.5) is 0 Å². The molecule has 3 aromatic rings. The number of aromatic nitrogens is 2. The van der Waals surface area contributed by atoms with E-state index >= 15 is 0 Å². The number of hydrogen-bond donors (Lipinski definition) is 1. The van der Waals surface area contributed by atoms with E-state index in [0.717, 1.165) is 28.1 Å². The highest BCUT2D eigenvalue weighted by Gasteiger charge is 2.01. The average molecular weight is 251 g/mol. The van der Waals surface area contributed by atoms with E-state index in [9.17, 15) is 0 Å². The molecular formula is C15H13N3O. The molecule has 3 rings (SSSR count). The molecule has 2 heterocycles. The van der Waals surface area contributed by atoms with Gasteiger partial charge in [0.05, 0.1) is 11.2 Å². The summed E-state index contributed by atoms with van der Waals surface area (Å²) in [6.07, 6.45) is 3.46. The van der Waals surface area contributed by atoms with Crippen molar-refractivity contribution in [2.45, 2.75) is 6.54 Å². The molecule has 0 bridgehead atoms. The van der Waals surface area contributed by atoms with E-state index in [1.807, 2.05) is 42.5 Å². The molecule has 0 aliphatic heterocycles. The zero-order valence-electron chi connectivity index (χ0n) is 10.3. The van der Waals surface area contributed by atoms with Crippen LogP contribution in [0.1, 0.15) is 5.69 Å². The fraction of sp³-hybridized carbons (Fsp3) is 0.0667. The number of benzene rings is 1. The van der Waals surface area contributed by atoms with Crippen molar-refractivity contribution < 1.29 is 4.74 Å². The molecule has 1 aromatic carbocycles. The Labute approximate surface area is 110 Å². The highest BCUT2D eigenvalue weighted by Crippen LogP contribution is 2.24. The predicted molar refractivity (Wildman–Crippen MR) is 73.9 cm³/mol. The zero-order chi connectivity index (χ0) is 13.1. The minimum Gasteiger partial charge on any atom is -0.457 e. The number of pyridine rings is 2. The largest absolute Gasteiger partial charge is 0.457 e. The van der Waals surface area contributed by atoms with Gasteiger partial charge in [-0.2, -0.15) is 0 Å². The maximum absolute atomic E-state index is 5.79. The fourth-order valence-electron chi connectivity index (χ4n) is 1.88. The first-order valence-electron chi connectivity index (χ1n) is 6.03. The van der Waals surface area contributed by atoms with Crippen molar-refractivity contribution >= 4 is 10.9 Å². The Balaban J connectivity index is 1.92. The number of hydrogen-bond acceptors (Lipinski definition) is 4. The molecule has 0 fully saturated rings. The van der Waals surface area contributed by atoms with Gasteiger partial charge in [-0.25, -0.2) is 0 Å². The quantitative estimate of drug-likeness (QED) is 0.777. The van der Waals surface area contributed by atoms with Crippen molar-refractivity contribution in [1.29, 1.82) is 0 Å². The lowest BCUT2D eigenvalue weighted by Gasteiger charge is -2.07.